The first kappa shape index (κ1) is 16.0. The van der Waals surface area contributed by atoms with E-state index in [1.807, 2.05) is 30.3 Å². The summed E-state index contributed by atoms with van der Waals surface area (Å²) in [7, 11) is 0. The molecule has 2 atom stereocenters. The second-order valence-corrected chi connectivity index (χ2v) is 6.23. The van der Waals surface area contributed by atoms with Gasteiger partial charge in [0.15, 0.2) is 0 Å². The van der Waals surface area contributed by atoms with Gasteiger partial charge in [0.1, 0.15) is 0 Å². The quantitative estimate of drug-likeness (QED) is 0.768. The van der Waals surface area contributed by atoms with Crippen LogP contribution in [0.25, 0.3) is 0 Å². The van der Waals surface area contributed by atoms with Crippen LogP contribution >= 0.6 is 0 Å². The van der Waals surface area contributed by atoms with Gasteiger partial charge in [0, 0.05) is 18.5 Å². The van der Waals surface area contributed by atoms with Crippen LogP contribution in [0.3, 0.4) is 0 Å². The van der Waals surface area contributed by atoms with Crippen molar-refractivity contribution in [2.45, 2.75) is 64.0 Å². The maximum absolute atomic E-state index is 12.3. The summed E-state index contributed by atoms with van der Waals surface area (Å²) in [5.74, 6) is 0.785. The molecule has 0 aromatic heterocycles. The van der Waals surface area contributed by atoms with Gasteiger partial charge in [-0.3, -0.25) is 4.79 Å². The van der Waals surface area contributed by atoms with Crippen molar-refractivity contribution in [1.29, 1.82) is 0 Å². The van der Waals surface area contributed by atoms with E-state index in [0.29, 0.717) is 18.4 Å². The number of amides is 1. The Kier molecular flexibility index (Phi) is 6.24. The van der Waals surface area contributed by atoms with Gasteiger partial charge in [-0.2, -0.15) is 0 Å². The van der Waals surface area contributed by atoms with E-state index in [9.17, 15) is 4.79 Å². The number of nitrogens with two attached hydrogens (primary N) is 1. The first-order valence-electron chi connectivity index (χ1n) is 8.30. The molecule has 1 aliphatic rings. The third kappa shape index (κ3) is 4.85. The number of unbranched alkanes of at least 4 members (excludes halogenated alkanes) is 1. The van der Waals surface area contributed by atoms with Crippen LogP contribution in [0.1, 0.15) is 63.5 Å². The van der Waals surface area contributed by atoms with E-state index in [0.717, 1.165) is 12.0 Å². The molecular weight excluding hydrogens is 260 g/mol. The molecule has 0 heterocycles. The Bertz CT molecular complexity index is 428. The maximum Gasteiger partial charge on any atom is 0.222 e. The fourth-order valence-corrected chi connectivity index (χ4v) is 2.98. The Balaban J connectivity index is 1.83. The van der Waals surface area contributed by atoms with Crippen molar-refractivity contribution in [3.63, 3.8) is 0 Å². The lowest BCUT2D eigenvalue weighted by atomic mass is 9.78. The zero-order chi connectivity index (χ0) is 15.1. The topological polar surface area (TPSA) is 55.1 Å². The van der Waals surface area contributed by atoms with Crippen LogP contribution in [0.4, 0.5) is 0 Å². The predicted octanol–water partition coefficient (Wildman–Crippen LogP) is 3.55. The third-order valence-corrected chi connectivity index (χ3v) is 4.57. The van der Waals surface area contributed by atoms with E-state index >= 15 is 0 Å². The molecule has 0 bridgehead atoms. The van der Waals surface area contributed by atoms with E-state index in [1.165, 1.54) is 32.1 Å². The van der Waals surface area contributed by atoms with Crippen LogP contribution < -0.4 is 11.1 Å². The van der Waals surface area contributed by atoms with Crippen molar-refractivity contribution in [2.24, 2.45) is 11.7 Å². The fourth-order valence-electron chi connectivity index (χ4n) is 2.98. The van der Waals surface area contributed by atoms with Gasteiger partial charge in [0.25, 0.3) is 0 Å². The summed E-state index contributed by atoms with van der Waals surface area (Å²) in [6.45, 7) is 2.20. The molecule has 3 nitrogen and oxygen atoms in total. The van der Waals surface area contributed by atoms with Crippen molar-refractivity contribution in [2.75, 3.05) is 0 Å². The largest absolute Gasteiger partial charge is 0.353 e. The molecule has 1 aromatic rings. The molecule has 1 fully saturated rings. The number of rotatable bonds is 8. The van der Waals surface area contributed by atoms with Gasteiger partial charge in [-0.1, -0.05) is 56.5 Å². The van der Waals surface area contributed by atoms with Crippen molar-refractivity contribution >= 4 is 5.91 Å². The first-order valence-corrected chi connectivity index (χ1v) is 8.30. The highest BCUT2D eigenvalue weighted by Crippen LogP contribution is 2.31. The van der Waals surface area contributed by atoms with Crippen molar-refractivity contribution in [1.82, 2.24) is 5.32 Å². The summed E-state index contributed by atoms with van der Waals surface area (Å²) in [5, 5.41) is 3.24. The molecule has 1 aliphatic carbocycles. The molecule has 0 aliphatic heterocycles. The fraction of sp³-hybridized carbons (Fsp3) is 0.611. The molecule has 1 aromatic carbocycles. The molecule has 0 spiro atoms. The van der Waals surface area contributed by atoms with Crippen molar-refractivity contribution in [3.05, 3.63) is 35.9 Å². The van der Waals surface area contributed by atoms with Crippen LogP contribution in [0.5, 0.6) is 0 Å². The minimum atomic E-state index is -0.209. The van der Waals surface area contributed by atoms with Crippen LogP contribution in [0.2, 0.25) is 0 Å². The molecule has 3 heteroatoms. The molecule has 1 saturated carbocycles. The van der Waals surface area contributed by atoms with Crippen LogP contribution in [0.15, 0.2) is 30.3 Å². The van der Waals surface area contributed by atoms with E-state index in [1.54, 1.807) is 0 Å². The van der Waals surface area contributed by atoms with Gasteiger partial charge in [-0.15, -0.1) is 0 Å². The van der Waals surface area contributed by atoms with Gasteiger partial charge in [-0.05, 0) is 30.7 Å². The molecule has 21 heavy (non-hydrogen) atoms. The second kappa shape index (κ2) is 8.18. The summed E-state index contributed by atoms with van der Waals surface area (Å²) in [6.07, 6.45) is 7.69. The number of carbonyl (C=O) groups is 1. The highest BCUT2D eigenvalue weighted by atomic mass is 16.1. The van der Waals surface area contributed by atoms with E-state index in [-0.39, 0.29) is 11.9 Å². The highest BCUT2D eigenvalue weighted by Gasteiger charge is 2.28. The Morgan fingerprint density at radius 1 is 1.33 bits per heavy atom. The van der Waals surface area contributed by atoms with Crippen molar-refractivity contribution in [3.8, 4) is 0 Å². The van der Waals surface area contributed by atoms with E-state index in [4.69, 9.17) is 5.73 Å². The second-order valence-electron chi connectivity index (χ2n) is 6.23. The summed E-state index contributed by atoms with van der Waals surface area (Å²) in [6, 6.07) is 10.0. The number of nitrogens with one attached hydrogen (secondary N) is 1. The smallest absolute Gasteiger partial charge is 0.222 e. The Morgan fingerprint density at radius 2 is 2.05 bits per heavy atom. The summed E-state index contributed by atoms with van der Waals surface area (Å²) >= 11 is 0. The lowest BCUT2D eigenvalue weighted by Crippen LogP contribution is -2.43. The van der Waals surface area contributed by atoms with Gasteiger partial charge < -0.3 is 11.1 Å². The number of hydrogen-bond donors (Lipinski definition) is 2. The molecule has 2 rings (SSSR count). The SMILES string of the molecule is CCCCC(NC(=O)CC(N)c1ccccc1)C1CCC1. The number of hydrogen-bond acceptors (Lipinski definition) is 2. The predicted molar refractivity (Wildman–Crippen MR) is 86.8 cm³/mol. The average molecular weight is 288 g/mol. The molecule has 1 amide bonds. The minimum absolute atomic E-state index is 0.0966. The molecule has 0 saturated heterocycles. The van der Waals surface area contributed by atoms with Gasteiger partial charge in [0.2, 0.25) is 5.91 Å². The maximum atomic E-state index is 12.3. The third-order valence-electron chi connectivity index (χ3n) is 4.57. The average Bonchev–Trinajstić information content (AvgIpc) is 2.43. The van der Waals surface area contributed by atoms with Crippen LogP contribution in [-0.4, -0.2) is 11.9 Å². The van der Waals surface area contributed by atoms with Gasteiger partial charge in [-0.25, -0.2) is 0 Å². The van der Waals surface area contributed by atoms with Gasteiger partial charge in [0.05, 0.1) is 0 Å². The van der Waals surface area contributed by atoms with Crippen LogP contribution in [-0.2, 0) is 4.79 Å². The zero-order valence-electron chi connectivity index (χ0n) is 13.1. The number of benzene rings is 1. The van der Waals surface area contributed by atoms with E-state index < -0.39 is 0 Å². The summed E-state index contributed by atoms with van der Waals surface area (Å²) < 4.78 is 0. The first-order chi connectivity index (χ1) is 10.2. The highest BCUT2D eigenvalue weighted by molar-refractivity contribution is 5.77. The Labute approximate surface area is 128 Å². The van der Waals surface area contributed by atoms with Crippen molar-refractivity contribution < 1.29 is 4.79 Å². The monoisotopic (exact) mass is 288 g/mol. The summed E-state index contributed by atoms with van der Waals surface area (Å²) in [4.78, 5) is 12.3. The molecule has 0 radical (unpaired) electrons. The summed E-state index contributed by atoms with van der Waals surface area (Å²) in [5.41, 5.74) is 7.16. The molecular formula is C18H28N2O. The van der Waals surface area contributed by atoms with Gasteiger partial charge >= 0.3 is 0 Å². The Hall–Kier alpha value is -1.35. The lowest BCUT2D eigenvalue weighted by Gasteiger charge is -2.34. The molecule has 3 N–H and O–H groups in total. The molecule has 116 valence electrons. The van der Waals surface area contributed by atoms with Crippen LogP contribution in [0, 0.1) is 5.92 Å². The van der Waals surface area contributed by atoms with E-state index in [2.05, 4.69) is 12.2 Å². The zero-order valence-corrected chi connectivity index (χ0v) is 13.1. The lowest BCUT2D eigenvalue weighted by molar-refractivity contribution is -0.122. The standard InChI is InChI=1S/C18H28N2O/c1-2-3-12-17(15-10-7-11-15)20-18(21)13-16(19)14-8-5-4-6-9-14/h4-6,8-9,15-17H,2-3,7,10-13,19H2,1H3,(H,20,21). The Morgan fingerprint density at radius 3 is 2.62 bits per heavy atom. The molecule has 2 unspecified atom stereocenters. The number of carbonyl (C=O) groups excluding carboxylic acids is 1. The normalized spacial score (nSPS) is 17.8. The minimum Gasteiger partial charge on any atom is -0.353 e.